The van der Waals surface area contributed by atoms with E-state index in [2.05, 4.69) is 21.2 Å². The minimum absolute atomic E-state index is 0.545. The van der Waals surface area contributed by atoms with Crippen molar-refractivity contribution in [3.8, 4) is 0 Å². The summed E-state index contributed by atoms with van der Waals surface area (Å²) >= 11 is 20.0. The van der Waals surface area contributed by atoms with E-state index in [9.17, 15) is 0 Å². The number of anilines is 1. The van der Waals surface area contributed by atoms with Crippen molar-refractivity contribution in [3.05, 3.63) is 26.7 Å². The van der Waals surface area contributed by atoms with Crippen molar-refractivity contribution in [2.45, 2.75) is 6.92 Å². The van der Waals surface area contributed by atoms with Crippen LogP contribution in [0, 0.1) is 0 Å². The third kappa shape index (κ3) is 3.09. The average Bonchev–Trinajstić information content (AvgIpc) is 1.96. The molecular formula is C8H6BrCl2NS. The molecule has 0 unspecified atom stereocenters. The number of rotatable bonds is 1. The second kappa shape index (κ2) is 4.60. The van der Waals surface area contributed by atoms with Crippen molar-refractivity contribution in [2.24, 2.45) is 0 Å². The highest BCUT2D eigenvalue weighted by molar-refractivity contribution is 9.10. The fourth-order valence-electron chi connectivity index (χ4n) is 0.838. The Morgan fingerprint density at radius 2 is 2.08 bits per heavy atom. The molecule has 1 N–H and O–H groups in total. The molecule has 5 heteroatoms. The van der Waals surface area contributed by atoms with Crippen LogP contribution in [0.4, 0.5) is 5.69 Å². The Morgan fingerprint density at radius 1 is 1.46 bits per heavy atom. The molecule has 0 saturated carbocycles. The van der Waals surface area contributed by atoms with Gasteiger partial charge in [-0.2, -0.15) is 0 Å². The predicted molar refractivity (Wildman–Crippen MR) is 66.1 cm³/mol. The largest absolute Gasteiger partial charge is 0.348 e. The van der Waals surface area contributed by atoms with E-state index in [1.54, 1.807) is 19.1 Å². The molecule has 0 atom stereocenters. The van der Waals surface area contributed by atoms with Crippen LogP contribution in [0.1, 0.15) is 6.92 Å². The lowest BCUT2D eigenvalue weighted by Crippen LogP contribution is -2.04. The van der Waals surface area contributed by atoms with Crippen LogP contribution in [0.25, 0.3) is 0 Å². The first-order valence-electron chi connectivity index (χ1n) is 3.43. The predicted octanol–water partition coefficient (Wildman–Crippen LogP) is 4.52. The van der Waals surface area contributed by atoms with Gasteiger partial charge in [-0.05, 0) is 35.0 Å². The molecule has 0 saturated heterocycles. The second-order valence-electron chi connectivity index (χ2n) is 2.43. The summed E-state index contributed by atoms with van der Waals surface area (Å²) in [7, 11) is 0. The van der Waals surface area contributed by atoms with E-state index in [4.69, 9.17) is 35.4 Å². The molecule has 0 aromatic heterocycles. The molecule has 0 heterocycles. The molecule has 0 spiro atoms. The molecule has 0 bridgehead atoms. The normalized spacial score (nSPS) is 9.85. The quantitative estimate of drug-likeness (QED) is 0.765. The maximum Gasteiger partial charge on any atom is 0.0766 e. The Kier molecular flexibility index (Phi) is 3.98. The summed E-state index contributed by atoms with van der Waals surface area (Å²) in [5, 5.41) is 4.09. The number of nitrogens with one attached hydrogen (secondary N) is 1. The fraction of sp³-hybridized carbons (Fsp3) is 0.125. The van der Waals surface area contributed by atoms with Gasteiger partial charge in [-0.1, -0.05) is 35.4 Å². The number of thiocarbonyl (C=S) groups is 1. The third-order valence-electron chi connectivity index (χ3n) is 1.31. The standard InChI is InChI=1S/C8H6BrCl2NS/c1-4(13)12-8-6(9)2-5(10)3-7(8)11/h2-3H,1H3,(H,12,13). The highest BCUT2D eigenvalue weighted by Gasteiger charge is 2.06. The first-order chi connectivity index (χ1) is 6.00. The van der Waals surface area contributed by atoms with Crippen LogP contribution >= 0.6 is 51.3 Å². The van der Waals surface area contributed by atoms with Gasteiger partial charge in [0.2, 0.25) is 0 Å². The molecule has 0 fully saturated rings. The van der Waals surface area contributed by atoms with Gasteiger partial charge in [-0.15, -0.1) is 0 Å². The van der Waals surface area contributed by atoms with Crippen molar-refractivity contribution < 1.29 is 0 Å². The summed E-state index contributed by atoms with van der Waals surface area (Å²) in [4.78, 5) is 0.657. The summed E-state index contributed by atoms with van der Waals surface area (Å²) in [5.74, 6) is 0. The smallest absolute Gasteiger partial charge is 0.0766 e. The molecule has 0 aliphatic rings. The minimum atomic E-state index is 0.545. The van der Waals surface area contributed by atoms with Gasteiger partial charge in [-0.25, -0.2) is 0 Å². The molecule has 0 amide bonds. The van der Waals surface area contributed by atoms with E-state index in [-0.39, 0.29) is 0 Å². The molecule has 70 valence electrons. The van der Waals surface area contributed by atoms with Crippen LogP contribution < -0.4 is 5.32 Å². The van der Waals surface area contributed by atoms with Gasteiger partial charge in [0, 0.05) is 9.50 Å². The van der Waals surface area contributed by atoms with E-state index in [0.29, 0.717) is 15.0 Å². The average molecular weight is 299 g/mol. The molecule has 1 rings (SSSR count). The van der Waals surface area contributed by atoms with Crippen LogP contribution in [0.3, 0.4) is 0 Å². The molecule has 0 aliphatic carbocycles. The molecule has 0 aliphatic heterocycles. The zero-order chi connectivity index (χ0) is 10.0. The lowest BCUT2D eigenvalue weighted by molar-refractivity contribution is 1.59. The molecule has 1 aromatic carbocycles. The summed E-state index contributed by atoms with van der Waals surface area (Å²) in [6, 6.07) is 3.42. The number of halogens is 3. The van der Waals surface area contributed by atoms with E-state index in [1.807, 2.05) is 0 Å². The highest BCUT2D eigenvalue weighted by atomic mass is 79.9. The first-order valence-corrected chi connectivity index (χ1v) is 5.38. The topological polar surface area (TPSA) is 12.0 Å². The Hall–Kier alpha value is 0.170. The number of benzene rings is 1. The van der Waals surface area contributed by atoms with Crippen LogP contribution in [0.15, 0.2) is 16.6 Å². The van der Waals surface area contributed by atoms with Gasteiger partial charge in [0.1, 0.15) is 0 Å². The van der Waals surface area contributed by atoms with E-state index >= 15 is 0 Å². The Balaban J connectivity index is 3.13. The maximum atomic E-state index is 5.94. The van der Waals surface area contributed by atoms with Gasteiger partial charge in [-0.3, -0.25) is 0 Å². The molecule has 0 radical (unpaired) electrons. The van der Waals surface area contributed by atoms with E-state index < -0.39 is 0 Å². The molecule has 13 heavy (non-hydrogen) atoms. The molecular weight excluding hydrogens is 293 g/mol. The Morgan fingerprint density at radius 3 is 2.54 bits per heavy atom. The number of hydrogen-bond acceptors (Lipinski definition) is 1. The van der Waals surface area contributed by atoms with Crippen molar-refractivity contribution in [1.29, 1.82) is 0 Å². The first kappa shape index (κ1) is 11.2. The van der Waals surface area contributed by atoms with Crippen molar-refractivity contribution in [3.63, 3.8) is 0 Å². The van der Waals surface area contributed by atoms with Crippen LogP contribution in [0.5, 0.6) is 0 Å². The van der Waals surface area contributed by atoms with Crippen LogP contribution in [-0.4, -0.2) is 4.99 Å². The Labute approximate surface area is 101 Å². The summed E-state index contributed by atoms with van der Waals surface area (Å²) in [6.07, 6.45) is 0. The van der Waals surface area contributed by atoms with Gasteiger partial charge in [0.05, 0.1) is 15.7 Å². The summed E-state index contributed by atoms with van der Waals surface area (Å²) in [6.45, 7) is 1.78. The van der Waals surface area contributed by atoms with Crippen LogP contribution in [-0.2, 0) is 0 Å². The van der Waals surface area contributed by atoms with Crippen molar-refractivity contribution in [2.75, 3.05) is 5.32 Å². The monoisotopic (exact) mass is 297 g/mol. The minimum Gasteiger partial charge on any atom is -0.348 e. The van der Waals surface area contributed by atoms with Gasteiger partial charge in [0.25, 0.3) is 0 Å². The number of hydrogen-bond donors (Lipinski definition) is 1. The fourth-order valence-corrected chi connectivity index (χ4v) is 2.29. The molecule has 1 aromatic rings. The highest BCUT2D eigenvalue weighted by Crippen LogP contribution is 2.33. The lowest BCUT2D eigenvalue weighted by atomic mass is 10.3. The van der Waals surface area contributed by atoms with E-state index in [0.717, 1.165) is 10.2 Å². The lowest BCUT2D eigenvalue weighted by Gasteiger charge is -2.09. The van der Waals surface area contributed by atoms with Crippen LogP contribution in [0.2, 0.25) is 10.0 Å². The van der Waals surface area contributed by atoms with Crippen molar-refractivity contribution >= 4 is 62.0 Å². The zero-order valence-electron chi connectivity index (χ0n) is 6.70. The third-order valence-corrected chi connectivity index (χ3v) is 2.55. The summed E-state index contributed by atoms with van der Waals surface area (Å²) < 4.78 is 0.800. The van der Waals surface area contributed by atoms with Gasteiger partial charge >= 0.3 is 0 Å². The summed E-state index contributed by atoms with van der Waals surface area (Å²) in [5.41, 5.74) is 0.749. The maximum absolute atomic E-state index is 5.94. The Bertz CT molecular complexity index is 331. The zero-order valence-corrected chi connectivity index (χ0v) is 10.6. The van der Waals surface area contributed by atoms with Gasteiger partial charge in [0.15, 0.2) is 0 Å². The molecule has 1 nitrogen and oxygen atoms in total. The van der Waals surface area contributed by atoms with E-state index in [1.165, 1.54) is 0 Å². The van der Waals surface area contributed by atoms with Crippen molar-refractivity contribution in [1.82, 2.24) is 0 Å². The SMILES string of the molecule is CC(=S)Nc1c(Cl)cc(Cl)cc1Br. The van der Waals surface area contributed by atoms with Gasteiger partial charge < -0.3 is 5.32 Å². The second-order valence-corrected chi connectivity index (χ2v) is 4.74.